The summed E-state index contributed by atoms with van der Waals surface area (Å²) < 4.78 is 1.70. The molecule has 0 saturated carbocycles. The minimum atomic E-state index is -0.885. The summed E-state index contributed by atoms with van der Waals surface area (Å²) in [7, 11) is 1.81. The maximum absolute atomic E-state index is 11.8. The molecular weight excluding hydrogens is 234 g/mol. The van der Waals surface area contributed by atoms with E-state index < -0.39 is 5.97 Å². The summed E-state index contributed by atoms with van der Waals surface area (Å²) in [5.41, 5.74) is 2.35. The molecule has 0 bridgehead atoms. The molecule has 1 atom stereocenters. The smallest absolute Gasteiger partial charge is 0.303 e. The second-order valence-electron chi connectivity index (χ2n) is 4.62. The Labute approximate surface area is 106 Å². The third kappa shape index (κ3) is 3.58. The minimum absolute atomic E-state index is 0.00156. The highest BCUT2D eigenvalue weighted by molar-refractivity contribution is 5.92. The summed E-state index contributed by atoms with van der Waals surface area (Å²) in [6.07, 6.45) is 0.193. The minimum Gasteiger partial charge on any atom is -0.481 e. The lowest BCUT2D eigenvalue weighted by molar-refractivity contribution is -0.138. The van der Waals surface area contributed by atoms with Gasteiger partial charge in [-0.25, -0.2) is 0 Å². The molecule has 0 aliphatic carbocycles. The zero-order chi connectivity index (χ0) is 13.9. The van der Waals surface area contributed by atoms with E-state index in [4.69, 9.17) is 5.11 Å². The van der Waals surface area contributed by atoms with Crippen LogP contribution >= 0.6 is 0 Å². The molecule has 0 saturated heterocycles. The Morgan fingerprint density at radius 2 is 2.00 bits per heavy atom. The lowest BCUT2D eigenvalue weighted by Crippen LogP contribution is -2.17. The first-order chi connectivity index (χ1) is 8.31. The van der Waals surface area contributed by atoms with Gasteiger partial charge in [-0.1, -0.05) is 6.92 Å². The van der Waals surface area contributed by atoms with Gasteiger partial charge in [0.05, 0.1) is 17.1 Å². The van der Waals surface area contributed by atoms with Crippen LogP contribution in [0.15, 0.2) is 0 Å². The second-order valence-corrected chi connectivity index (χ2v) is 4.62. The number of carboxylic acid groups (broad SMARTS) is 1. The maximum atomic E-state index is 11.8. The van der Waals surface area contributed by atoms with Crippen LogP contribution in [0.1, 0.15) is 31.2 Å². The molecule has 0 aliphatic rings. The molecule has 0 fully saturated rings. The van der Waals surface area contributed by atoms with Crippen LogP contribution in [-0.2, 0) is 16.6 Å². The summed E-state index contributed by atoms with van der Waals surface area (Å²) in [5.74, 6) is -1.24. The van der Waals surface area contributed by atoms with Crippen LogP contribution in [0, 0.1) is 19.8 Å². The van der Waals surface area contributed by atoms with E-state index in [9.17, 15) is 9.59 Å². The molecule has 0 aliphatic heterocycles. The fraction of sp³-hybridized carbons (Fsp3) is 0.583. The first kappa shape index (κ1) is 14.2. The van der Waals surface area contributed by atoms with Crippen molar-refractivity contribution in [1.29, 1.82) is 0 Å². The summed E-state index contributed by atoms with van der Waals surface area (Å²) >= 11 is 0. The topological polar surface area (TPSA) is 84.2 Å². The number of carboxylic acids is 1. The Hall–Kier alpha value is -1.85. The van der Waals surface area contributed by atoms with E-state index in [1.54, 1.807) is 11.6 Å². The van der Waals surface area contributed by atoms with Crippen LogP contribution in [-0.4, -0.2) is 26.8 Å². The summed E-state index contributed by atoms with van der Waals surface area (Å²) in [6.45, 7) is 5.44. The van der Waals surface area contributed by atoms with Crippen LogP contribution in [0.3, 0.4) is 0 Å². The van der Waals surface area contributed by atoms with Crippen LogP contribution in [0.5, 0.6) is 0 Å². The number of hydrogen-bond acceptors (Lipinski definition) is 3. The molecule has 100 valence electrons. The molecule has 2 N–H and O–H groups in total. The van der Waals surface area contributed by atoms with Gasteiger partial charge in [-0.15, -0.1) is 0 Å². The van der Waals surface area contributed by atoms with Crippen molar-refractivity contribution < 1.29 is 14.7 Å². The third-order valence-electron chi connectivity index (χ3n) is 2.83. The van der Waals surface area contributed by atoms with E-state index in [1.807, 2.05) is 20.9 Å². The Bertz CT molecular complexity index is 465. The molecule has 6 nitrogen and oxygen atoms in total. The lowest BCUT2D eigenvalue weighted by atomic mass is 10.0. The summed E-state index contributed by atoms with van der Waals surface area (Å²) in [6, 6.07) is 0. The van der Waals surface area contributed by atoms with E-state index in [-0.39, 0.29) is 24.7 Å². The largest absolute Gasteiger partial charge is 0.481 e. The number of aryl methyl sites for hydroxylation is 2. The van der Waals surface area contributed by atoms with Gasteiger partial charge in [0.25, 0.3) is 0 Å². The molecule has 1 amide bonds. The molecule has 1 rings (SSSR count). The average Bonchev–Trinajstić information content (AvgIpc) is 2.43. The van der Waals surface area contributed by atoms with E-state index >= 15 is 0 Å². The first-order valence-electron chi connectivity index (χ1n) is 5.83. The van der Waals surface area contributed by atoms with Crippen LogP contribution in [0.4, 0.5) is 5.69 Å². The van der Waals surface area contributed by atoms with E-state index in [0.29, 0.717) is 5.69 Å². The van der Waals surface area contributed by atoms with Crippen molar-refractivity contribution in [2.45, 2.75) is 33.6 Å². The van der Waals surface area contributed by atoms with Crippen LogP contribution in [0.2, 0.25) is 0 Å². The highest BCUT2D eigenvalue weighted by Crippen LogP contribution is 2.19. The highest BCUT2D eigenvalue weighted by atomic mass is 16.4. The van der Waals surface area contributed by atoms with Crippen molar-refractivity contribution >= 4 is 17.6 Å². The zero-order valence-corrected chi connectivity index (χ0v) is 11.1. The van der Waals surface area contributed by atoms with Gasteiger partial charge in [0, 0.05) is 19.9 Å². The van der Waals surface area contributed by atoms with Crippen LogP contribution < -0.4 is 5.32 Å². The Balaban J connectivity index is 2.62. The van der Waals surface area contributed by atoms with Gasteiger partial charge in [0.2, 0.25) is 5.91 Å². The molecule has 1 aromatic heterocycles. The quantitative estimate of drug-likeness (QED) is 0.832. The zero-order valence-electron chi connectivity index (χ0n) is 11.1. The SMILES string of the molecule is Cc1nn(C)c(C)c1NC(=O)CC(C)CC(=O)O. The normalized spacial score (nSPS) is 12.2. The van der Waals surface area contributed by atoms with Crippen LogP contribution in [0.25, 0.3) is 0 Å². The fourth-order valence-electron chi connectivity index (χ4n) is 1.83. The number of aliphatic carboxylic acids is 1. The number of nitrogens with zero attached hydrogens (tertiary/aromatic N) is 2. The van der Waals surface area contributed by atoms with Gasteiger partial charge in [-0.3, -0.25) is 14.3 Å². The van der Waals surface area contributed by atoms with Crippen molar-refractivity contribution in [3.8, 4) is 0 Å². The number of hydrogen-bond donors (Lipinski definition) is 2. The number of carbonyl (C=O) groups excluding carboxylic acids is 1. The monoisotopic (exact) mass is 253 g/mol. The van der Waals surface area contributed by atoms with Gasteiger partial charge in [0.15, 0.2) is 0 Å². The van der Waals surface area contributed by atoms with E-state index in [1.165, 1.54) is 0 Å². The fourth-order valence-corrected chi connectivity index (χ4v) is 1.83. The Morgan fingerprint density at radius 3 is 2.44 bits per heavy atom. The van der Waals surface area contributed by atoms with E-state index in [2.05, 4.69) is 10.4 Å². The van der Waals surface area contributed by atoms with Gasteiger partial charge in [-0.2, -0.15) is 5.10 Å². The molecule has 18 heavy (non-hydrogen) atoms. The molecule has 0 radical (unpaired) electrons. The van der Waals surface area contributed by atoms with Gasteiger partial charge >= 0.3 is 5.97 Å². The summed E-state index contributed by atoms with van der Waals surface area (Å²) in [5, 5.41) is 15.6. The van der Waals surface area contributed by atoms with Crippen molar-refractivity contribution in [1.82, 2.24) is 9.78 Å². The Morgan fingerprint density at radius 1 is 1.39 bits per heavy atom. The summed E-state index contributed by atoms with van der Waals surface area (Å²) in [4.78, 5) is 22.3. The molecule has 1 heterocycles. The third-order valence-corrected chi connectivity index (χ3v) is 2.83. The van der Waals surface area contributed by atoms with Gasteiger partial charge in [-0.05, 0) is 19.8 Å². The first-order valence-corrected chi connectivity index (χ1v) is 5.83. The molecule has 1 unspecified atom stereocenters. The molecular formula is C12H19N3O3. The van der Waals surface area contributed by atoms with Crippen molar-refractivity contribution in [2.75, 3.05) is 5.32 Å². The molecule has 6 heteroatoms. The number of nitrogens with one attached hydrogen (secondary N) is 1. The predicted octanol–water partition coefficient (Wildman–Crippen LogP) is 1.48. The second kappa shape index (κ2) is 5.66. The van der Waals surface area contributed by atoms with Crippen molar-refractivity contribution in [3.63, 3.8) is 0 Å². The number of aromatic nitrogens is 2. The molecule has 0 spiro atoms. The van der Waals surface area contributed by atoms with E-state index in [0.717, 1.165) is 11.4 Å². The Kier molecular flexibility index (Phi) is 4.47. The molecule has 1 aromatic rings. The predicted molar refractivity (Wildman–Crippen MR) is 67.3 cm³/mol. The maximum Gasteiger partial charge on any atom is 0.303 e. The molecule has 0 aromatic carbocycles. The number of anilines is 1. The average molecular weight is 253 g/mol. The number of rotatable bonds is 5. The number of carbonyl (C=O) groups is 2. The van der Waals surface area contributed by atoms with Crippen molar-refractivity contribution in [2.24, 2.45) is 13.0 Å². The van der Waals surface area contributed by atoms with Gasteiger partial charge < -0.3 is 10.4 Å². The number of amides is 1. The standard InChI is InChI=1S/C12H19N3O3/c1-7(6-11(17)18)5-10(16)13-12-8(2)14-15(4)9(12)3/h7H,5-6H2,1-4H3,(H,13,16)(H,17,18). The lowest BCUT2D eigenvalue weighted by Gasteiger charge is -2.09. The van der Waals surface area contributed by atoms with Crippen molar-refractivity contribution in [3.05, 3.63) is 11.4 Å². The van der Waals surface area contributed by atoms with Gasteiger partial charge in [0.1, 0.15) is 0 Å². The highest BCUT2D eigenvalue weighted by Gasteiger charge is 2.16.